The third kappa shape index (κ3) is 3.11. The van der Waals surface area contributed by atoms with Gasteiger partial charge in [-0.15, -0.1) is 0 Å². The lowest BCUT2D eigenvalue weighted by Crippen LogP contribution is -2.26. The molecule has 0 bridgehead atoms. The van der Waals surface area contributed by atoms with Gasteiger partial charge in [-0.2, -0.15) is 14.6 Å². The van der Waals surface area contributed by atoms with Gasteiger partial charge in [0.25, 0.3) is 0 Å². The summed E-state index contributed by atoms with van der Waals surface area (Å²) in [5.41, 5.74) is 3.15. The summed E-state index contributed by atoms with van der Waals surface area (Å²) in [5, 5.41) is 19.0. The summed E-state index contributed by atoms with van der Waals surface area (Å²) in [6, 6.07) is 12.2. The fraction of sp³-hybridized carbons (Fsp3) is 0.259. The van der Waals surface area contributed by atoms with Crippen LogP contribution in [0.3, 0.4) is 0 Å². The number of carboxylic acid groups (broad SMARTS) is 1. The molecule has 0 radical (unpaired) electrons. The predicted molar refractivity (Wildman–Crippen MR) is 134 cm³/mol. The van der Waals surface area contributed by atoms with Crippen molar-refractivity contribution in [3.8, 4) is 16.9 Å². The zero-order chi connectivity index (χ0) is 25.6. The molecule has 3 aromatic heterocycles. The summed E-state index contributed by atoms with van der Waals surface area (Å²) in [6.45, 7) is 3.31. The van der Waals surface area contributed by atoms with E-state index in [4.69, 9.17) is 5.10 Å². The van der Waals surface area contributed by atoms with Gasteiger partial charge >= 0.3 is 5.97 Å². The summed E-state index contributed by atoms with van der Waals surface area (Å²) < 4.78 is 33.1. The Morgan fingerprint density at radius 1 is 1.05 bits per heavy atom. The van der Waals surface area contributed by atoms with E-state index in [0.29, 0.717) is 35.4 Å². The van der Waals surface area contributed by atoms with E-state index in [-0.39, 0.29) is 28.7 Å². The highest BCUT2D eigenvalue weighted by Gasteiger charge is 2.60. The molecule has 1 saturated carbocycles. The van der Waals surface area contributed by atoms with Gasteiger partial charge in [0.1, 0.15) is 17.3 Å². The fourth-order valence-corrected chi connectivity index (χ4v) is 5.93. The van der Waals surface area contributed by atoms with Crippen LogP contribution in [0.1, 0.15) is 5.56 Å². The van der Waals surface area contributed by atoms with Crippen molar-refractivity contribution in [2.75, 3.05) is 18.0 Å². The smallest absolute Gasteiger partial charge is 0.307 e. The maximum absolute atomic E-state index is 15.3. The highest BCUT2D eigenvalue weighted by molar-refractivity contribution is 6.04. The number of nitrogens with zero attached hydrogens (tertiary/aromatic N) is 6. The number of para-hydroxylation sites is 1. The van der Waals surface area contributed by atoms with E-state index in [1.54, 1.807) is 10.9 Å². The number of rotatable bonds is 4. The van der Waals surface area contributed by atoms with Crippen LogP contribution in [0.25, 0.3) is 38.8 Å². The standard InChI is InChI=1S/C27H22F2N6O2/c1-13-4-3-5-15-24(22-18(28)7-8-19-23(22)26(29)33(2)31-19)32-35(25(13)15)14-6-9-20(30-10-14)34-11-16-17(12-34)21(16)27(36)37/h3-10,16-17,21H,11-12H2,1-2H3,(H,36,37)/t16-,17+,21?. The molecule has 2 aliphatic rings. The second kappa shape index (κ2) is 7.58. The molecule has 4 heterocycles. The monoisotopic (exact) mass is 500 g/mol. The van der Waals surface area contributed by atoms with E-state index < -0.39 is 17.7 Å². The third-order valence-electron chi connectivity index (χ3n) is 7.80. The molecule has 0 spiro atoms. The highest BCUT2D eigenvalue weighted by Crippen LogP contribution is 2.52. The SMILES string of the molecule is Cc1cccc2c(-c3c(F)ccc4nn(C)c(F)c34)nn(-c3ccc(N4C[C@@H]5C(C(=O)O)[C@@H]5C4)nc3)c12. The first-order chi connectivity index (χ1) is 17.8. The van der Waals surface area contributed by atoms with Gasteiger partial charge in [0.2, 0.25) is 5.95 Å². The van der Waals surface area contributed by atoms with Crippen LogP contribution in [0.4, 0.5) is 14.6 Å². The number of hydrogen-bond acceptors (Lipinski definition) is 5. The van der Waals surface area contributed by atoms with Gasteiger partial charge in [0, 0.05) is 25.5 Å². The second-order valence-electron chi connectivity index (χ2n) is 9.93. The Morgan fingerprint density at radius 3 is 2.54 bits per heavy atom. The molecular formula is C27H22F2N6O2. The summed E-state index contributed by atoms with van der Waals surface area (Å²) in [4.78, 5) is 18.0. The van der Waals surface area contributed by atoms with Crippen molar-refractivity contribution in [3.63, 3.8) is 0 Å². The van der Waals surface area contributed by atoms with Crippen LogP contribution in [0.5, 0.6) is 0 Å². The molecule has 2 fully saturated rings. The first-order valence-corrected chi connectivity index (χ1v) is 12.1. The van der Waals surface area contributed by atoms with Gasteiger partial charge in [0.15, 0.2) is 0 Å². The van der Waals surface area contributed by atoms with Gasteiger partial charge in [-0.1, -0.05) is 18.2 Å². The van der Waals surface area contributed by atoms with Crippen LogP contribution in [-0.2, 0) is 11.8 Å². The van der Waals surface area contributed by atoms with Crippen LogP contribution in [-0.4, -0.2) is 48.7 Å². The van der Waals surface area contributed by atoms with Gasteiger partial charge in [-0.3, -0.25) is 4.79 Å². The lowest BCUT2D eigenvalue weighted by Gasteiger charge is -2.20. The van der Waals surface area contributed by atoms with Crippen LogP contribution in [0.15, 0.2) is 48.7 Å². The van der Waals surface area contributed by atoms with Crippen molar-refractivity contribution < 1.29 is 18.7 Å². The van der Waals surface area contributed by atoms with Crippen molar-refractivity contribution in [2.45, 2.75) is 6.92 Å². The number of benzene rings is 2. The van der Waals surface area contributed by atoms with Crippen molar-refractivity contribution >= 4 is 33.6 Å². The number of fused-ring (bicyclic) bond motifs is 3. The normalized spacial score (nSPS) is 20.6. The number of aryl methyl sites for hydroxylation is 2. The Hall–Kier alpha value is -4.34. The minimum absolute atomic E-state index is 0.0753. The predicted octanol–water partition coefficient (Wildman–Crippen LogP) is 4.33. The maximum atomic E-state index is 15.3. The molecule has 1 saturated heterocycles. The number of aliphatic carboxylic acids is 1. The van der Waals surface area contributed by atoms with E-state index in [2.05, 4.69) is 15.0 Å². The van der Waals surface area contributed by atoms with Crippen LogP contribution in [0, 0.1) is 36.4 Å². The van der Waals surface area contributed by atoms with Crippen molar-refractivity contribution in [1.29, 1.82) is 0 Å². The van der Waals surface area contributed by atoms with E-state index in [1.807, 2.05) is 37.3 Å². The first kappa shape index (κ1) is 21.9. The van der Waals surface area contributed by atoms with Crippen molar-refractivity contribution in [1.82, 2.24) is 24.5 Å². The molecule has 5 aromatic rings. The molecule has 10 heteroatoms. The van der Waals surface area contributed by atoms with E-state index in [0.717, 1.165) is 21.6 Å². The van der Waals surface area contributed by atoms with Crippen LogP contribution in [0.2, 0.25) is 0 Å². The van der Waals surface area contributed by atoms with Gasteiger partial charge in [-0.25, -0.2) is 18.7 Å². The average molecular weight is 501 g/mol. The third-order valence-corrected chi connectivity index (χ3v) is 7.80. The summed E-state index contributed by atoms with van der Waals surface area (Å²) >= 11 is 0. The summed E-state index contributed by atoms with van der Waals surface area (Å²) in [5.74, 6) is -1.00. The number of piperidine rings is 1. The largest absolute Gasteiger partial charge is 0.481 e. The van der Waals surface area contributed by atoms with E-state index in [1.165, 1.54) is 19.2 Å². The molecular weight excluding hydrogens is 478 g/mol. The molecule has 8 nitrogen and oxygen atoms in total. The average Bonchev–Trinajstić information content (AvgIpc) is 3.15. The number of hydrogen-bond donors (Lipinski definition) is 1. The molecule has 1 aliphatic carbocycles. The second-order valence-corrected chi connectivity index (χ2v) is 9.93. The minimum Gasteiger partial charge on any atom is -0.481 e. The van der Waals surface area contributed by atoms with Gasteiger partial charge in [0.05, 0.1) is 39.8 Å². The number of anilines is 1. The number of pyridine rings is 1. The summed E-state index contributed by atoms with van der Waals surface area (Å²) in [6.07, 6.45) is 1.71. The Balaban J connectivity index is 1.33. The highest BCUT2D eigenvalue weighted by atomic mass is 19.1. The van der Waals surface area contributed by atoms with Crippen molar-refractivity contribution in [3.05, 3.63) is 66.0 Å². The fourth-order valence-electron chi connectivity index (χ4n) is 5.93. The topological polar surface area (TPSA) is 89.1 Å². The lowest BCUT2D eigenvalue weighted by molar-refractivity contribution is -0.139. The number of halogens is 2. The van der Waals surface area contributed by atoms with E-state index in [9.17, 15) is 9.90 Å². The molecule has 186 valence electrons. The van der Waals surface area contributed by atoms with E-state index >= 15 is 8.78 Å². The molecule has 37 heavy (non-hydrogen) atoms. The molecule has 0 amide bonds. The first-order valence-electron chi connectivity index (χ1n) is 12.1. The summed E-state index contributed by atoms with van der Waals surface area (Å²) in [7, 11) is 1.48. The Labute approximate surface area is 209 Å². The van der Waals surface area contributed by atoms with Crippen LogP contribution >= 0.6 is 0 Å². The number of aromatic nitrogens is 5. The molecule has 3 atom stereocenters. The molecule has 7 rings (SSSR count). The quantitative estimate of drug-likeness (QED) is 0.395. The molecule has 1 N–H and O–H groups in total. The molecule has 2 aromatic carbocycles. The number of carboxylic acids is 1. The van der Waals surface area contributed by atoms with Gasteiger partial charge in [-0.05, 0) is 48.6 Å². The number of carbonyl (C=O) groups is 1. The molecule has 1 unspecified atom stereocenters. The zero-order valence-electron chi connectivity index (χ0n) is 20.1. The van der Waals surface area contributed by atoms with Crippen LogP contribution < -0.4 is 4.90 Å². The Bertz CT molecular complexity index is 1730. The minimum atomic E-state index is -0.715. The van der Waals surface area contributed by atoms with Crippen molar-refractivity contribution in [2.24, 2.45) is 24.8 Å². The zero-order valence-corrected chi connectivity index (χ0v) is 20.1. The Morgan fingerprint density at radius 2 is 1.84 bits per heavy atom. The Kier molecular flexibility index (Phi) is 4.49. The van der Waals surface area contributed by atoms with Gasteiger partial charge < -0.3 is 10.0 Å². The lowest BCUT2D eigenvalue weighted by atomic mass is 10.0. The molecule has 1 aliphatic heterocycles. The maximum Gasteiger partial charge on any atom is 0.307 e.